The molecule has 2 rings (SSSR count). The lowest BCUT2D eigenvalue weighted by Gasteiger charge is -2.47. The van der Waals surface area contributed by atoms with Crippen molar-refractivity contribution < 1.29 is 22.7 Å². The average Bonchev–Trinajstić information content (AvgIpc) is 2.88. The normalized spacial score (nSPS) is 18.7. The fourth-order valence-electron chi connectivity index (χ4n) is 2.38. The highest BCUT2D eigenvalue weighted by atomic mass is 19.4. The van der Waals surface area contributed by atoms with Crippen molar-refractivity contribution in [2.75, 3.05) is 26.2 Å². The fourth-order valence-corrected chi connectivity index (χ4v) is 2.38. The molecule has 2 amide bonds. The third kappa shape index (κ3) is 3.67. The number of nitrogens with zero attached hydrogens (tertiary/aromatic N) is 4. The van der Waals surface area contributed by atoms with Crippen molar-refractivity contribution in [3.8, 4) is 0 Å². The van der Waals surface area contributed by atoms with Crippen LogP contribution in [0.1, 0.15) is 19.9 Å². The minimum Gasteiger partial charge on any atom is -0.372 e. The Morgan fingerprint density at radius 1 is 1.50 bits per heavy atom. The molecule has 124 valence electrons. The van der Waals surface area contributed by atoms with Gasteiger partial charge >= 0.3 is 12.2 Å². The number of nitrogens with one attached hydrogen (secondary N) is 1. The largest absolute Gasteiger partial charge is 0.412 e. The first-order valence-electron chi connectivity index (χ1n) is 6.83. The van der Waals surface area contributed by atoms with E-state index in [1.807, 2.05) is 13.8 Å². The minimum atomic E-state index is -4.53. The summed E-state index contributed by atoms with van der Waals surface area (Å²) in [4.78, 5) is 16.8. The van der Waals surface area contributed by atoms with Crippen LogP contribution in [-0.2, 0) is 4.74 Å². The van der Waals surface area contributed by atoms with Gasteiger partial charge < -0.3 is 15.0 Å². The number of urea groups is 1. The second-order valence-electron chi connectivity index (χ2n) is 5.36. The molecule has 1 atom stereocenters. The van der Waals surface area contributed by atoms with Crippen molar-refractivity contribution in [3.63, 3.8) is 0 Å². The van der Waals surface area contributed by atoms with E-state index >= 15 is 0 Å². The SMILES string of the molecule is CCOC1(C)CN(C(=O)NCC(n2cncn2)C(F)(F)F)C1. The number of carbonyl (C=O) groups excluding carboxylic acids is 1. The van der Waals surface area contributed by atoms with Gasteiger partial charge in [0.25, 0.3) is 0 Å². The quantitative estimate of drug-likeness (QED) is 0.884. The molecule has 0 radical (unpaired) electrons. The molecule has 1 saturated heterocycles. The maximum absolute atomic E-state index is 13.0. The van der Waals surface area contributed by atoms with Gasteiger partial charge in [0.05, 0.1) is 19.6 Å². The highest BCUT2D eigenvalue weighted by Crippen LogP contribution is 2.29. The van der Waals surface area contributed by atoms with E-state index in [4.69, 9.17) is 4.74 Å². The van der Waals surface area contributed by atoms with Crippen LogP contribution >= 0.6 is 0 Å². The van der Waals surface area contributed by atoms with Crippen molar-refractivity contribution in [2.45, 2.75) is 31.7 Å². The van der Waals surface area contributed by atoms with Gasteiger partial charge in [0.2, 0.25) is 0 Å². The Hall–Kier alpha value is -1.84. The topological polar surface area (TPSA) is 72.3 Å². The van der Waals surface area contributed by atoms with Gasteiger partial charge in [0.15, 0.2) is 6.04 Å². The number of ether oxygens (including phenoxy) is 1. The van der Waals surface area contributed by atoms with E-state index in [9.17, 15) is 18.0 Å². The van der Waals surface area contributed by atoms with Crippen LogP contribution in [0.5, 0.6) is 0 Å². The van der Waals surface area contributed by atoms with Gasteiger partial charge in [-0.3, -0.25) is 0 Å². The molecule has 1 aliphatic rings. The van der Waals surface area contributed by atoms with Gasteiger partial charge in [-0.25, -0.2) is 14.5 Å². The Balaban J connectivity index is 1.87. The van der Waals surface area contributed by atoms with Gasteiger partial charge in [-0.2, -0.15) is 18.3 Å². The summed E-state index contributed by atoms with van der Waals surface area (Å²) in [5.41, 5.74) is -0.415. The maximum Gasteiger partial charge on any atom is 0.412 e. The zero-order valence-corrected chi connectivity index (χ0v) is 12.3. The van der Waals surface area contributed by atoms with Crippen molar-refractivity contribution in [2.24, 2.45) is 0 Å². The van der Waals surface area contributed by atoms with Gasteiger partial charge in [0.1, 0.15) is 18.3 Å². The summed E-state index contributed by atoms with van der Waals surface area (Å²) in [6.07, 6.45) is -2.54. The summed E-state index contributed by atoms with van der Waals surface area (Å²) in [5, 5.41) is 5.77. The predicted molar refractivity (Wildman–Crippen MR) is 70.1 cm³/mol. The minimum absolute atomic E-state index is 0.354. The highest BCUT2D eigenvalue weighted by molar-refractivity contribution is 5.75. The van der Waals surface area contributed by atoms with Gasteiger partial charge in [0, 0.05) is 6.61 Å². The predicted octanol–water partition coefficient (Wildman–Crippen LogP) is 1.20. The molecule has 1 unspecified atom stereocenters. The van der Waals surface area contributed by atoms with Crippen molar-refractivity contribution in [3.05, 3.63) is 12.7 Å². The van der Waals surface area contributed by atoms with Crippen LogP contribution in [0.15, 0.2) is 12.7 Å². The van der Waals surface area contributed by atoms with Gasteiger partial charge in [-0.1, -0.05) is 0 Å². The van der Waals surface area contributed by atoms with Crippen LogP contribution in [0.4, 0.5) is 18.0 Å². The highest BCUT2D eigenvalue weighted by Gasteiger charge is 2.44. The number of alkyl halides is 3. The molecule has 2 heterocycles. The lowest BCUT2D eigenvalue weighted by atomic mass is 9.97. The van der Waals surface area contributed by atoms with E-state index in [0.717, 1.165) is 12.7 Å². The van der Waals surface area contributed by atoms with Gasteiger partial charge in [-0.15, -0.1) is 0 Å². The Morgan fingerprint density at radius 2 is 2.18 bits per heavy atom. The molecule has 1 aromatic rings. The third-order valence-corrected chi connectivity index (χ3v) is 3.41. The number of hydrogen-bond acceptors (Lipinski definition) is 4. The molecule has 1 aromatic heterocycles. The van der Waals surface area contributed by atoms with Crippen LogP contribution in [-0.4, -0.2) is 63.7 Å². The Labute approximate surface area is 125 Å². The zero-order chi connectivity index (χ0) is 16.4. The molecule has 0 aliphatic carbocycles. The number of carbonyl (C=O) groups is 1. The third-order valence-electron chi connectivity index (χ3n) is 3.41. The molecule has 22 heavy (non-hydrogen) atoms. The molecule has 0 spiro atoms. The van der Waals surface area contributed by atoms with Crippen LogP contribution < -0.4 is 5.32 Å². The summed E-state index contributed by atoms with van der Waals surface area (Å²) in [5.74, 6) is 0. The molecule has 7 nitrogen and oxygen atoms in total. The summed E-state index contributed by atoms with van der Waals surface area (Å²) in [7, 11) is 0. The molecule has 0 bridgehead atoms. The second-order valence-corrected chi connectivity index (χ2v) is 5.36. The number of aromatic nitrogens is 3. The van der Waals surface area contributed by atoms with E-state index in [0.29, 0.717) is 24.4 Å². The number of amides is 2. The number of hydrogen-bond donors (Lipinski definition) is 1. The summed E-state index contributed by atoms with van der Waals surface area (Å²) in [6, 6.07) is -2.50. The lowest BCUT2D eigenvalue weighted by molar-refractivity contribution is -0.169. The summed E-state index contributed by atoms with van der Waals surface area (Å²) >= 11 is 0. The molecule has 0 saturated carbocycles. The first kappa shape index (κ1) is 16.5. The Bertz CT molecular complexity index is 499. The fraction of sp³-hybridized carbons (Fsp3) is 0.750. The zero-order valence-electron chi connectivity index (χ0n) is 12.3. The van der Waals surface area contributed by atoms with Crippen LogP contribution in [0.3, 0.4) is 0 Å². The molecule has 10 heteroatoms. The van der Waals surface area contributed by atoms with Crippen LogP contribution in [0.2, 0.25) is 0 Å². The molecule has 0 aromatic carbocycles. The van der Waals surface area contributed by atoms with Crippen molar-refractivity contribution >= 4 is 6.03 Å². The molecule has 1 N–H and O–H groups in total. The molecular weight excluding hydrogens is 303 g/mol. The maximum atomic E-state index is 13.0. The Morgan fingerprint density at radius 3 is 2.68 bits per heavy atom. The first-order chi connectivity index (χ1) is 10.2. The van der Waals surface area contributed by atoms with Crippen molar-refractivity contribution in [1.82, 2.24) is 25.0 Å². The number of rotatable bonds is 5. The van der Waals surface area contributed by atoms with E-state index in [1.165, 1.54) is 4.90 Å². The van der Waals surface area contributed by atoms with E-state index in [-0.39, 0.29) is 0 Å². The lowest BCUT2D eigenvalue weighted by Crippen LogP contribution is -2.65. The summed E-state index contributed by atoms with van der Waals surface area (Å²) < 4.78 is 45.1. The Kier molecular flexibility index (Phi) is 4.59. The first-order valence-corrected chi connectivity index (χ1v) is 6.83. The number of likely N-dealkylation sites (tertiary alicyclic amines) is 1. The molecule has 1 fully saturated rings. The van der Waals surface area contributed by atoms with Crippen LogP contribution in [0, 0.1) is 0 Å². The molecular formula is C12H18F3N5O2. The van der Waals surface area contributed by atoms with E-state index in [2.05, 4.69) is 15.4 Å². The van der Waals surface area contributed by atoms with E-state index in [1.54, 1.807) is 0 Å². The van der Waals surface area contributed by atoms with Crippen LogP contribution in [0.25, 0.3) is 0 Å². The van der Waals surface area contributed by atoms with E-state index < -0.39 is 30.4 Å². The standard InChI is InChI=1S/C12H18F3N5O2/c1-3-22-11(2)5-19(6-11)10(21)17-4-9(12(13,14)15)20-8-16-7-18-20/h7-9H,3-6H2,1-2H3,(H,17,21). The van der Waals surface area contributed by atoms with Crippen molar-refractivity contribution in [1.29, 1.82) is 0 Å². The smallest absolute Gasteiger partial charge is 0.372 e. The number of halogens is 3. The summed E-state index contributed by atoms with van der Waals surface area (Å²) in [6.45, 7) is 4.33. The average molecular weight is 321 g/mol. The monoisotopic (exact) mass is 321 g/mol. The van der Waals surface area contributed by atoms with Gasteiger partial charge in [-0.05, 0) is 13.8 Å². The molecule has 1 aliphatic heterocycles. The second kappa shape index (κ2) is 6.11.